The second kappa shape index (κ2) is 6.37. The van der Waals surface area contributed by atoms with Gasteiger partial charge in [0.15, 0.2) is 0 Å². The molecule has 0 amide bonds. The van der Waals surface area contributed by atoms with Crippen molar-refractivity contribution in [1.29, 1.82) is 0 Å². The third-order valence-electron chi connectivity index (χ3n) is 2.86. The van der Waals surface area contributed by atoms with Crippen molar-refractivity contribution in [3.05, 3.63) is 45.9 Å². The average molecular weight is 290 g/mol. The Hall–Kier alpha value is -1.39. The number of rotatable bonds is 5. The minimum atomic E-state index is 0.107. The fraction of sp³-hybridized carbons (Fsp3) is 0.438. The zero-order valence-electron chi connectivity index (χ0n) is 12.6. The molecule has 1 aromatic heterocycles. The molecule has 0 atom stereocenters. The third-order valence-corrected chi connectivity index (χ3v) is 4.18. The molecule has 1 heterocycles. The van der Waals surface area contributed by atoms with Crippen LogP contribution in [0, 0.1) is 0 Å². The number of hydrogen-bond donors (Lipinski definition) is 1. The lowest BCUT2D eigenvalue weighted by Gasteiger charge is -2.13. The number of hydrogen-bond acceptors (Lipinski definition) is 4. The van der Waals surface area contributed by atoms with Gasteiger partial charge < -0.3 is 10.1 Å². The van der Waals surface area contributed by atoms with Crippen LogP contribution in [0.15, 0.2) is 29.6 Å². The number of nitrogens with zero attached hydrogens (tertiary/aromatic N) is 1. The van der Waals surface area contributed by atoms with Crippen LogP contribution in [0.1, 0.15) is 37.0 Å². The fourth-order valence-corrected chi connectivity index (χ4v) is 2.72. The van der Waals surface area contributed by atoms with Gasteiger partial charge in [0.1, 0.15) is 12.4 Å². The van der Waals surface area contributed by atoms with Crippen molar-refractivity contribution in [2.24, 2.45) is 0 Å². The second-order valence-corrected chi connectivity index (χ2v) is 6.72. The summed E-state index contributed by atoms with van der Waals surface area (Å²) in [5, 5.41) is 6.37. The Morgan fingerprint density at radius 3 is 2.75 bits per heavy atom. The molecule has 20 heavy (non-hydrogen) atoms. The maximum Gasteiger partial charge on any atom is 0.131 e. The molecule has 0 aliphatic rings. The number of ether oxygens (including phenoxy) is 1. The molecule has 2 aromatic rings. The van der Waals surface area contributed by atoms with Crippen LogP contribution in [0.4, 0.5) is 0 Å². The van der Waals surface area contributed by atoms with Crippen LogP contribution < -0.4 is 10.1 Å². The molecule has 0 saturated heterocycles. The Balaban J connectivity index is 1.98. The van der Waals surface area contributed by atoms with E-state index in [2.05, 4.69) is 48.6 Å². The molecule has 0 aliphatic carbocycles. The molecule has 4 heteroatoms. The molecular weight excluding hydrogens is 268 g/mol. The highest BCUT2D eigenvalue weighted by Gasteiger charge is 2.17. The van der Waals surface area contributed by atoms with Gasteiger partial charge in [0.05, 0.1) is 10.7 Å². The lowest BCUT2D eigenvalue weighted by Crippen LogP contribution is -2.10. The van der Waals surface area contributed by atoms with Gasteiger partial charge >= 0.3 is 0 Å². The van der Waals surface area contributed by atoms with E-state index in [4.69, 9.17) is 4.74 Å². The SMILES string of the molecule is CNCc1cccc(OCc2csc(C(C)(C)C)n2)c1. The monoisotopic (exact) mass is 290 g/mol. The summed E-state index contributed by atoms with van der Waals surface area (Å²) < 4.78 is 5.82. The second-order valence-electron chi connectivity index (χ2n) is 5.86. The summed E-state index contributed by atoms with van der Waals surface area (Å²) in [6, 6.07) is 8.15. The van der Waals surface area contributed by atoms with Gasteiger partial charge in [-0.2, -0.15) is 0 Å². The molecule has 2 rings (SSSR count). The van der Waals surface area contributed by atoms with E-state index in [9.17, 15) is 0 Å². The summed E-state index contributed by atoms with van der Waals surface area (Å²) >= 11 is 1.70. The summed E-state index contributed by atoms with van der Waals surface area (Å²) in [5.74, 6) is 0.892. The molecular formula is C16H22N2OS. The van der Waals surface area contributed by atoms with Crippen molar-refractivity contribution in [2.75, 3.05) is 7.05 Å². The van der Waals surface area contributed by atoms with Gasteiger partial charge in [-0.1, -0.05) is 32.9 Å². The number of benzene rings is 1. The van der Waals surface area contributed by atoms with E-state index < -0.39 is 0 Å². The van der Waals surface area contributed by atoms with E-state index in [-0.39, 0.29) is 5.41 Å². The normalized spacial score (nSPS) is 11.6. The Labute approximate surface area is 125 Å². The van der Waals surface area contributed by atoms with Crippen LogP contribution in [-0.4, -0.2) is 12.0 Å². The largest absolute Gasteiger partial charge is 0.487 e. The van der Waals surface area contributed by atoms with Gasteiger partial charge in [0.25, 0.3) is 0 Å². The Bertz CT molecular complexity index is 558. The van der Waals surface area contributed by atoms with Gasteiger partial charge in [-0.25, -0.2) is 4.98 Å². The lowest BCUT2D eigenvalue weighted by atomic mass is 9.98. The van der Waals surface area contributed by atoms with Gasteiger partial charge in [0, 0.05) is 17.3 Å². The molecule has 1 aromatic carbocycles. The van der Waals surface area contributed by atoms with Crippen molar-refractivity contribution >= 4 is 11.3 Å². The van der Waals surface area contributed by atoms with Gasteiger partial charge in [-0.05, 0) is 24.7 Å². The molecule has 3 nitrogen and oxygen atoms in total. The van der Waals surface area contributed by atoms with Crippen molar-refractivity contribution in [1.82, 2.24) is 10.3 Å². The zero-order chi connectivity index (χ0) is 14.6. The Morgan fingerprint density at radius 1 is 1.30 bits per heavy atom. The fourth-order valence-electron chi connectivity index (χ4n) is 1.82. The van der Waals surface area contributed by atoms with Crippen LogP contribution >= 0.6 is 11.3 Å². The molecule has 0 radical (unpaired) electrons. The molecule has 1 N–H and O–H groups in total. The molecule has 0 fully saturated rings. The summed E-state index contributed by atoms with van der Waals surface area (Å²) in [6.07, 6.45) is 0. The minimum Gasteiger partial charge on any atom is -0.487 e. The first-order valence-electron chi connectivity index (χ1n) is 6.80. The predicted molar refractivity (Wildman–Crippen MR) is 84.4 cm³/mol. The van der Waals surface area contributed by atoms with Crippen molar-refractivity contribution in [2.45, 2.75) is 39.3 Å². The first-order chi connectivity index (χ1) is 9.49. The smallest absolute Gasteiger partial charge is 0.131 e. The maximum atomic E-state index is 5.82. The summed E-state index contributed by atoms with van der Waals surface area (Å²) in [7, 11) is 1.94. The van der Waals surface area contributed by atoms with Crippen LogP contribution in [0.3, 0.4) is 0 Å². The molecule has 0 bridgehead atoms. The third kappa shape index (κ3) is 4.05. The Kier molecular flexibility index (Phi) is 4.78. The maximum absolute atomic E-state index is 5.82. The van der Waals surface area contributed by atoms with Crippen molar-refractivity contribution < 1.29 is 4.74 Å². The highest BCUT2D eigenvalue weighted by molar-refractivity contribution is 7.09. The number of thiazole rings is 1. The van der Waals surface area contributed by atoms with Gasteiger partial charge in [-0.15, -0.1) is 11.3 Å². The number of nitrogens with one attached hydrogen (secondary N) is 1. The molecule has 0 spiro atoms. The summed E-state index contributed by atoms with van der Waals surface area (Å²) in [5.41, 5.74) is 2.33. The lowest BCUT2D eigenvalue weighted by molar-refractivity contribution is 0.301. The first-order valence-corrected chi connectivity index (χ1v) is 7.68. The highest BCUT2D eigenvalue weighted by Crippen LogP contribution is 2.26. The Morgan fingerprint density at radius 2 is 2.10 bits per heavy atom. The molecule has 0 saturated carbocycles. The minimum absolute atomic E-state index is 0.107. The van der Waals surface area contributed by atoms with Crippen molar-refractivity contribution in [3.8, 4) is 5.75 Å². The standard InChI is InChI=1S/C16H22N2OS/c1-16(2,3)15-18-13(11-20-15)10-19-14-7-5-6-12(8-14)9-17-4/h5-8,11,17H,9-10H2,1-4H3. The molecule has 0 aliphatic heterocycles. The van der Waals surface area contributed by atoms with Crippen LogP contribution in [0.2, 0.25) is 0 Å². The van der Waals surface area contributed by atoms with Crippen LogP contribution in [0.5, 0.6) is 5.75 Å². The van der Waals surface area contributed by atoms with Crippen LogP contribution in [-0.2, 0) is 18.6 Å². The van der Waals surface area contributed by atoms with E-state index in [1.807, 2.05) is 19.2 Å². The van der Waals surface area contributed by atoms with Gasteiger partial charge in [0.2, 0.25) is 0 Å². The average Bonchev–Trinajstić information content (AvgIpc) is 2.86. The first kappa shape index (κ1) is 15.0. The van der Waals surface area contributed by atoms with E-state index >= 15 is 0 Å². The molecule has 108 valence electrons. The van der Waals surface area contributed by atoms with Gasteiger partial charge in [-0.3, -0.25) is 0 Å². The zero-order valence-corrected chi connectivity index (χ0v) is 13.4. The van der Waals surface area contributed by atoms with E-state index in [1.165, 1.54) is 5.56 Å². The van der Waals surface area contributed by atoms with E-state index in [1.54, 1.807) is 11.3 Å². The quantitative estimate of drug-likeness (QED) is 0.911. The predicted octanol–water partition coefficient (Wildman–Crippen LogP) is 3.74. The topological polar surface area (TPSA) is 34.1 Å². The summed E-state index contributed by atoms with van der Waals surface area (Å²) in [6.45, 7) is 7.91. The van der Waals surface area contributed by atoms with Crippen molar-refractivity contribution in [3.63, 3.8) is 0 Å². The molecule has 0 unspecified atom stereocenters. The highest BCUT2D eigenvalue weighted by atomic mass is 32.1. The van der Waals surface area contributed by atoms with E-state index in [0.717, 1.165) is 23.0 Å². The van der Waals surface area contributed by atoms with Crippen LogP contribution in [0.25, 0.3) is 0 Å². The van der Waals surface area contributed by atoms with E-state index in [0.29, 0.717) is 6.61 Å². The number of aromatic nitrogens is 1. The summed E-state index contributed by atoms with van der Waals surface area (Å²) in [4.78, 5) is 4.64.